The van der Waals surface area contributed by atoms with Crippen LogP contribution in [0, 0.1) is 0 Å². The molecule has 0 radical (unpaired) electrons. The van der Waals surface area contributed by atoms with Gasteiger partial charge in [0.05, 0.1) is 4.90 Å². The highest BCUT2D eigenvalue weighted by Gasteiger charge is 2.31. The molecule has 0 aromatic heterocycles. The Kier molecular flexibility index (Phi) is 5.18. The van der Waals surface area contributed by atoms with Crippen molar-refractivity contribution in [3.8, 4) is 0 Å². The number of nitrogens with zero attached hydrogens (tertiary/aromatic N) is 1. The molecule has 1 aliphatic heterocycles. The largest absolute Gasteiger partial charge is 0.326 e. The average molecular weight is 296 g/mol. The van der Waals surface area contributed by atoms with Crippen molar-refractivity contribution in [1.29, 1.82) is 0 Å². The van der Waals surface area contributed by atoms with E-state index < -0.39 is 10.0 Å². The zero-order valence-corrected chi connectivity index (χ0v) is 12.9. The third-order valence-electron chi connectivity index (χ3n) is 4.06. The highest BCUT2D eigenvalue weighted by molar-refractivity contribution is 7.89. The molecule has 1 saturated heterocycles. The molecule has 20 heavy (non-hydrogen) atoms. The summed E-state index contributed by atoms with van der Waals surface area (Å²) in [6, 6.07) is 7.08. The van der Waals surface area contributed by atoms with Crippen LogP contribution in [0.25, 0.3) is 0 Å². The molecule has 4 nitrogen and oxygen atoms in total. The molecule has 0 saturated carbocycles. The summed E-state index contributed by atoms with van der Waals surface area (Å²) in [5.74, 6) is 0. The molecule has 0 amide bonds. The Labute approximate surface area is 122 Å². The number of hydrogen-bond donors (Lipinski definition) is 1. The van der Waals surface area contributed by atoms with E-state index in [4.69, 9.17) is 5.73 Å². The Morgan fingerprint density at radius 2 is 1.90 bits per heavy atom. The predicted octanol–water partition coefficient (Wildman–Crippen LogP) is 2.49. The quantitative estimate of drug-likeness (QED) is 0.928. The molecule has 2 rings (SSSR count). The molecule has 1 heterocycles. The van der Waals surface area contributed by atoms with E-state index in [1.807, 2.05) is 0 Å². The summed E-state index contributed by atoms with van der Waals surface area (Å²) in [7, 11) is -3.38. The van der Waals surface area contributed by atoms with E-state index in [1.165, 1.54) is 0 Å². The van der Waals surface area contributed by atoms with E-state index in [9.17, 15) is 8.42 Å². The third-order valence-corrected chi connectivity index (χ3v) is 6.03. The van der Waals surface area contributed by atoms with Crippen molar-refractivity contribution < 1.29 is 8.42 Å². The fourth-order valence-electron chi connectivity index (χ4n) is 2.81. The molecule has 2 N–H and O–H groups in total. The maximum absolute atomic E-state index is 12.8. The van der Waals surface area contributed by atoms with Gasteiger partial charge in [0.2, 0.25) is 10.0 Å². The summed E-state index contributed by atoms with van der Waals surface area (Å²) in [6.07, 6.45) is 5.04. The minimum absolute atomic E-state index is 0.136. The SMILES string of the molecule is CCC1CCCCCN1S(=O)(=O)c1ccc(CN)cc1. The molecule has 112 valence electrons. The van der Waals surface area contributed by atoms with Gasteiger partial charge in [0.15, 0.2) is 0 Å². The van der Waals surface area contributed by atoms with Crippen LogP contribution in [0.2, 0.25) is 0 Å². The van der Waals surface area contributed by atoms with Crippen LogP contribution in [0.4, 0.5) is 0 Å². The topological polar surface area (TPSA) is 63.4 Å². The summed E-state index contributed by atoms with van der Waals surface area (Å²) < 4.78 is 27.3. The first kappa shape index (κ1) is 15.5. The van der Waals surface area contributed by atoms with Gasteiger partial charge in [0.1, 0.15) is 0 Å². The van der Waals surface area contributed by atoms with E-state index in [2.05, 4.69) is 6.92 Å². The van der Waals surface area contributed by atoms with Crippen LogP contribution >= 0.6 is 0 Å². The van der Waals surface area contributed by atoms with Crippen molar-refractivity contribution in [2.45, 2.75) is 56.5 Å². The van der Waals surface area contributed by atoms with Crippen molar-refractivity contribution in [2.75, 3.05) is 6.54 Å². The molecule has 5 heteroatoms. The highest BCUT2D eigenvalue weighted by Crippen LogP contribution is 2.26. The summed E-state index contributed by atoms with van der Waals surface area (Å²) in [4.78, 5) is 0.384. The second kappa shape index (κ2) is 6.70. The third kappa shape index (κ3) is 3.22. The zero-order valence-electron chi connectivity index (χ0n) is 12.1. The molecule has 1 aliphatic rings. The van der Waals surface area contributed by atoms with Gasteiger partial charge in [-0.1, -0.05) is 31.9 Å². The number of hydrogen-bond acceptors (Lipinski definition) is 3. The zero-order chi connectivity index (χ0) is 14.6. The van der Waals surface area contributed by atoms with Gasteiger partial charge in [-0.25, -0.2) is 8.42 Å². The second-order valence-electron chi connectivity index (χ2n) is 5.38. The Balaban J connectivity index is 2.30. The molecule has 1 atom stereocenters. The molecule has 1 aromatic carbocycles. The van der Waals surface area contributed by atoms with E-state index in [0.717, 1.165) is 37.7 Å². The second-order valence-corrected chi connectivity index (χ2v) is 7.27. The van der Waals surface area contributed by atoms with Crippen molar-refractivity contribution in [3.63, 3.8) is 0 Å². The molecule has 0 spiro atoms. The molecule has 1 aromatic rings. The summed E-state index contributed by atoms with van der Waals surface area (Å²) in [5.41, 5.74) is 6.51. The Bertz CT molecular complexity index is 525. The lowest BCUT2D eigenvalue weighted by Crippen LogP contribution is -2.39. The normalized spacial score (nSPS) is 21.6. The van der Waals surface area contributed by atoms with Crippen LogP contribution in [0.15, 0.2) is 29.2 Å². The number of sulfonamides is 1. The lowest BCUT2D eigenvalue weighted by Gasteiger charge is -2.28. The molecule has 1 fully saturated rings. The minimum Gasteiger partial charge on any atom is -0.326 e. The molecule has 0 aliphatic carbocycles. The summed E-state index contributed by atoms with van der Waals surface area (Å²) >= 11 is 0. The lowest BCUT2D eigenvalue weighted by atomic mass is 10.1. The summed E-state index contributed by atoms with van der Waals surface area (Å²) in [5, 5.41) is 0. The van der Waals surface area contributed by atoms with Crippen LogP contribution in [-0.2, 0) is 16.6 Å². The monoisotopic (exact) mass is 296 g/mol. The summed E-state index contributed by atoms with van der Waals surface area (Å²) in [6.45, 7) is 3.14. The van der Waals surface area contributed by atoms with Crippen molar-refractivity contribution in [2.24, 2.45) is 5.73 Å². The number of rotatable bonds is 4. The van der Waals surface area contributed by atoms with Gasteiger partial charge in [-0.15, -0.1) is 0 Å². The lowest BCUT2D eigenvalue weighted by molar-refractivity contribution is 0.315. The van der Waals surface area contributed by atoms with Gasteiger partial charge in [0.25, 0.3) is 0 Å². The Morgan fingerprint density at radius 3 is 2.50 bits per heavy atom. The first-order valence-corrected chi connectivity index (χ1v) is 8.84. The van der Waals surface area contributed by atoms with E-state index in [1.54, 1.807) is 28.6 Å². The molecular formula is C15H24N2O2S. The van der Waals surface area contributed by atoms with E-state index in [-0.39, 0.29) is 6.04 Å². The predicted molar refractivity (Wildman–Crippen MR) is 80.8 cm³/mol. The first-order chi connectivity index (χ1) is 9.59. The van der Waals surface area contributed by atoms with Crippen LogP contribution in [0.3, 0.4) is 0 Å². The van der Waals surface area contributed by atoms with Gasteiger partial charge in [-0.2, -0.15) is 4.31 Å². The van der Waals surface area contributed by atoms with Crippen LogP contribution in [0.5, 0.6) is 0 Å². The number of benzene rings is 1. The van der Waals surface area contributed by atoms with Gasteiger partial charge in [0, 0.05) is 19.1 Å². The smallest absolute Gasteiger partial charge is 0.243 e. The van der Waals surface area contributed by atoms with Gasteiger partial charge >= 0.3 is 0 Å². The fraction of sp³-hybridized carbons (Fsp3) is 0.600. The number of nitrogens with two attached hydrogens (primary N) is 1. The first-order valence-electron chi connectivity index (χ1n) is 7.40. The van der Waals surface area contributed by atoms with Crippen LogP contribution in [-0.4, -0.2) is 25.3 Å². The molecular weight excluding hydrogens is 272 g/mol. The van der Waals surface area contributed by atoms with Crippen molar-refractivity contribution >= 4 is 10.0 Å². The van der Waals surface area contributed by atoms with E-state index in [0.29, 0.717) is 18.0 Å². The standard InChI is InChI=1S/C15H24N2O2S/c1-2-14-6-4-3-5-11-17(14)20(18,19)15-9-7-13(12-16)8-10-15/h7-10,14H,2-6,11-12,16H2,1H3. The molecule has 1 unspecified atom stereocenters. The van der Waals surface area contributed by atoms with Crippen molar-refractivity contribution in [1.82, 2.24) is 4.31 Å². The minimum atomic E-state index is -3.38. The van der Waals surface area contributed by atoms with Crippen molar-refractivity contribution in [3.05, 3.63) is 29.8 Å². The fourth-order valence-corrected chi connectivity index (χ4v) is 4.58. The van der Waals surface area contributed by atoms with Crippen LogP contribution in [0.1, 0.15) is 44.6 Å². The van der Waals surface area contributed by atoms with Crippen LogP contribution < -0.4 is 5.73 Å². The van der Waals surface area contributed by atoms with Gasteiger partial charge in [-0.3, -0.25) is 0 Å². The maximum Gasteiger partial charge on any atom is 0.243 e. The highest BCUT2D eigenvalue weighted by atomic mass is 32.2. The van der Waals surface area contributed by atoms with Gasteiger partial charge < -0.3 is 5.73 Å². The molecule has 0 bridgehead atoms. The Morgan fingerprint density at radius 1 is 1.20 bits per heavy atom. The maximum atomic E-state index is 12.8. The van der Waals surface area contributed by atoms with Gasteiger partial charge in [-0.05, 0) is 37.0 Å². The van der Waals surface area contributed by atoms with E-state index >= 15 is 0 Å². The average Bonchev–Trinajstić information content (AvgIpc) is 2.73. The Hall–Kier alpha value is -0.910.